The lowest BCUT2D eigenvalue weighted by Crippen LogP contribution is -2.49. The number of nitrogens with zero attached hydrogens (tertiary/aromatic N) is 2. The van der Waals surface area contributed by atoms with Crippen LogP contribution in [0.2, 0.25) is 0 Å². The highest BCUT2D eigenvalue weighted by Gasteiger charge is 2.33. The summed E-state index contributed by atoms with van der Waals surface area (Å²) in [6, 6.07) is 7.68. The SMILES string of the molecule is N#Cc1cccc(S(=O)(=O)N2CCCCC2CNC(=O)CCN)c1. The van der Waals surface area contributed by atoms with Gasteiger partial charge in [-0.05, 0) is 31.0 Å². The summed E-state index contributed by atoms with van der Waals surface area (Å²) in [6.45, 7) is 0.950. The van der Waals surface area contributed by atoms with E-state index in [1.165, 1.54) is 16.4 Å². The Morgan fingerprint density at radius 2 is 2.21 bits per heavy atom. The van der Waals surface area contributed by atoms with Crippen molar-refractivity contribution in [3.05, 3.63) is 29.8 Å². The number of hydrogen-bond donors (Lipinski definition) is 2. The first-order valence-corrected chi connectivity index (χ1v) is 9.42. The van der Waals surface area contributed by atoms with E-state index < -0.39 is 10.0 Å². The van der Waals surface area contributed by atoms with Crippen LogP contribution in [0.15, 0.2) is 29.2 Å². The number of amides is 1. The van der Waals surface area contributed by atoms with Crippen LogP contribution >= 0.6 is 0 Å². The molecule has 0 spiro atoms. The Morgan fingerprint density at radius 3 is 2.92 bits per heavy atom. The zero-order chi connectivity index (χ0) is 17.6. The first kappa shape index (κ1) is 18.4. The van der Waals surface area contributed by atoms with Gasteiger partial charge in [0.05, 0.1) is 16.5 Å². The third-order valence-electron chi connectivity index (χ3n) is 4.05. The average Bonchev–Trinajstić information content (AvgIpc) is 2.60. The van der Waals surface area contributed by atoms with E-state index in [-0.39, 0.29) is 36.4 Å². The predicted molar refractivity (Wildman–Crippen MR) is 89.4 cm³/mol. The molecule has 0 radical (unpaired) electrons. The van der Waals surface area contributed by atoms with E-state index in [0.717, 1.165) is 12.8 Å². The summed E-state index contributed by atoms with van der Waals surface area (Å²) in [7, 11) is -3.70. The van der Waals surface area contributed by atoms with Crippen molar-refractivity contribution in [2.45, 2.75) is 36.6 Å². The number of rotatable bonds is 6. The van der Waals surface area contributed by atoms with Crippen molar-refractivity contribution in [1.29, 1.82) is 5.26 Å². The van der Waals surface area contributed by atoms with Gasteiger partial charge < -0.3 is 11.1 Å². The van der Waals surface area contributed by atoms with Gasteiger partial charge in [0.2, 0.25) is 15.9 Å². The highest BCUT2D eigenvalue weighted by Crippen LogP contribution is 2.25. The fourth-order valence-electron chi connectivity index (χ4n) is 2.81. The van der Waals surface area contributed by atoms with Crippen LogP contribution in [0.4, 0.5) is 0 Å². The van der Waals surface area contributed by atoms with Crippen molar-refractivity contribution in [3.63, 3.8) is 0 Å². The van der Waals surface area contributed by atoms with Gasteiger partial charge in [-0.2, -0.15) is 9.57 Å². The lowest BCUT2D eigenvalue weighted by atomic mass is 10.1. The monoisotopic (exact) mass is 350 g/mol. The van der Waals surface area contributed by atoms with Crippen molar-refractivity contribution in [3.8, 4) is 6.07 Å². The van der Waals surface area contributed by atoms with Crippen LogP contribution in [-0.2, 0) is 14.8 Å². The number of piperidine rings is 1. The first-order chi connectivity index (χ1) is 11.5. The van der Waals surface area contributed by atoms with E-state index in [1.807, 2.05) is 6.07 Å². The molecule has 1 saturated heterocycles. The van der Waals surface area contributed by atoms with Crippen molar-refractivity contribution >= 4 is 15.9 Å². The number of carbonyl (C=O) groups is 1. The highest BCUT2D eigenvalue weighted by molar-refractivity contribution is 7.89. The molecule has 1 aromatic rings. The summed E-state index contributed by atoms with van der Waals surface area (Å²) < 4.78 is 27.3. The summed E-state index contributed by atoms with van der Waals surface area (Å²) in [4.78, 5) is 11.7. The molecule has 1 amide bonds. The molecule has 7 nitrogen and oxygen atoms in total. The van der Waals surface area contributed by atoms with Gasteiger partial charge >= 0.3 is 0 Å². The van der Waals surface area contributed by atoms with E-state index in [2.05, 4.69) is 5.32 Å². The molecule has 1 fully saturated rings. The van der Waals surface area contributed by atoms with Gasteiger partial charge in [-0.1, -0.05) is 12.5 Å². The van der Waals surface area contributed by atoms with Gasteiger partial charge in [0.1, 0.15) is 0 Å². The lowest BCUT2D eigenvalue weighted by Gasteiger charge is -2.34. The van der Waals surface area contributed by atoms with Crippen LogP contribution in [0.1, 0.15) is 31.2 Å². The minimum atomic E-state index is -3.70. The second-order valence-corrected chi connectivity index (χ2v) is 7.64. The molecule has 0 aliphatic carbocycles. The predicted octanol–water partition coefficient (Wildman–Crippen LogP) is 0.566. The molecule has 24 heavy (non-hydrogen) atoms. The minimum Gasteiger partial charge on any atom is -0.354 e. The quantitative estimate of drug-likeness (QED) is 0.778. The Balaban J connectivity index is 2.19. The summed E-state index contributed by atoms with van der Waals surface area (Å²) in [5, 5.41) is 11.7. The highest BCUT2D eigenvalue weighted by atomic mass is 32.2. The van der Waals surface area contributed by atoms with Gasteiger partial charge in [-0.15, -0.1) is 0 Å². The van der Waals surface area contributed by atoms with E-state index in [4.69, 9.17) is 11.0 Å². The molecular weight excluding hydrogens is 328 g/mol. The number of nitriles is 1. The third-order valence-corrected chi connectivity index (χ3v) is 6.00. The summed E-state index contributed by atoms with van der Waals surface area (Å²) >= 11 is 0. The van der Waals surface area contributed by atoms with E-state index in [0.29, 0.717) is 18.5 Å². The first-order valence-electron chi connectivity index (χ1n) is 7.98. The summed E-state index contributed by atoms with van der Waals surface area (Å²) in [5.74, 6) is -0.174. The molecule has 1 aliphatic rings. The Morgan fingerprint density at radius 1 is 1.42 bits per heavy atom. The topological polar surface area (TPSA) is 116 Å². The van der Waals surface area contributed by atoms with E-state index >= 15 is 0 Å². The summed E-state index contributed by atoms with van der Waals surface area (Å²) in [6.07, 6.45) is 2.62. The molecule has 1 aliphatic heterocycles. The minimum absolute atomic E-state index is 0.113. The standard InChI is InChI=1S/C16H22N4O3S/c17-8-7-16(21)19-12-14-5-1-2-9-20(14)24(22,23)15-6-3-4-13(10-15)11-18/h3-4,6,10,14H,1-2,5,7-9,12,17H2,(H,19,21). The Hall–Kier alpha value is -1.95. The fraction of sp³-hybridized carbons (Fsp3) is 0.500. The number of hydrogen-bond acceptors (Lipinski definition) is 5. The number of sulfonamides is 1. The normalized spacial score (nSPS) is 18.8. The second-order valence-electron chi connectivity index (χ2n) is 5.75. The summed E-state index contributed by atoms with van der Waals surface area (Å²) in [5.41, 5.74) is 5.65. The van der Waals surface area contributed by atoms with Crippen molar-refractivity contribution in [2.24, 2.45) is 5.73 Å². The molecule has 1 unspecified atom stereocenters. The Kier molecular flexibility index (Phi) is 6.31. The zero-order valence-electron chi connectivity index (χ0n) is 13.4. The van der Waals surface area contributed by atoms with Crippen LogP contribution in [0.3, 0.4) is 0 Å². The molecule has 2 rings (SSSR count). The van der Waals surface area contributed by atoms with Crippen LogP contribution in [0, 0.1) is 11.3 Å². The maximum absolute atomic E-state index is 12.9. The number of benzene rings is 1. The molecule has 0 saturated carbocycles. The van der Waals surface area contributed by atoms with E-state index in [1.54, 1.807) is 12.1 Å². The number of carbonyl (C=O) groups excluding carboxylic acids is 1. The lowest BCUT2D eigenvalue weighted by molar-refractivity contribution is -0.121. The van der Waals surface area contributed by atoms with Crippen molar-refractivity contribution < 1.29 is 13.2 Å². The van der Waals surface area contributed by atoms with Crippen LogP contribution in [0.25, 0.3) is 0 Å². The molecular formula is C16H22N4O3S. The molecule has 0 aromatic heterocycles. The smallest absolute Gasteiger partial charge is 0.243 e. The largest absolute Gasteiger partial charge is 0.354 e. The number of nitrogens with one attached hydrogen (secondary N) is 1. The maximum atomic E-state index is 12.9. The zero-order valence-corrected chi connectivity index (χ0v) is 14.3. The van der Waals surface area contributed by atoms with Crippen molar-refractivity contribution in [2.75, 3.05) is 19.6 Å². The molecule has 1 heterocycles. The molecule has 130 valence electrons. The maximum Gasteiger partial charge on any atom is 0.243 e. The molecule has 0 bridgehead atoms. The number of nitrogens with two attached hydrogens (primary N) is 1. The third kappa shape index (κ3) is 4.32. The van der Waals surface area contributed by atoms with Crippen LogP contribution in [-0.4, -0.2) is 44.3 Å². The van der Waals surface area contributed by atoms with Gasteiger partial charge in [0, 0.05) is 32.1 Å². The second kappa shape index (κ2) is 8.24. The van der Waals surface area contributed by atoms with Crippen molar-refractivity contribution in [1.82, 2.24) is 9.62 Å². The Labute approximate surface area is 142 Å². The molecule has 3 N–H and O–H groups in total. The van der Waals surface area contributed by atoms with Crippen LogP contribution in [0.5, 0.6) is 0 Å². The fourth-order valence-corrected chi connectivity index (χ4v) is 4.55. The van der Waals surface area contributed by atoms with Gasteiger partial charge in [-0.25, -0.2) is 8.42 Å². The van der Waals surface area contributed by atoms with Crippen LogP contribution < -0.4 is 11.1 Å². The average molecular weight is 350 g/mol. The van der Waals surface area contributed by atoms with E-state index in [9.17, 15) is 13.2 Å². The molecule has 1 atom stereocenters. The van der Waals surface area contributed by atoms with Gasteiger partial charge in [0.25, 0.3) is 0 Å². The van der Waals surface area contributed by atoms with Gasteiger partial charge in [0.15, 0.2) is 0 Å². The Bertz CT molecular complexity index is 727. The van der Waals surface area contributed by atoms with Gasteiger partial charge in [-0.3, -0.25) is 4.79 Å². The molecule has 8 heteroatoms. The molecule has 1 aromatic carbocycles.